The van der Waals surface area contributed by atoms with E-state index in [1.54, 1.807) is 50.2 Å². The Morgan fingerprint density at radius 2 is 1.60 bits per heavy atom. The lowest BCUT2D eigenvalue weighted by Gasteiger charge is -2.23. The highest BCUT2D eigenvalue weighted by Gasteiger charge is 2.29. The van der Waals surface area contributed by atoms with Crippen LogP contribution in [0.1, 0.15) is 26.3 Å². The van der Waals surface area contributed by atoms with Crippen LogP contribution < -0.4 is 16.0 Å². The highest BCUT2D eigenvalue weighted by molar-refractivity contribution is 5.93. The maximum absolute atomic E-state index is 12.9. The molecule has 2 rings (SSSR count). The van der Waals surface area contributed by atoms with Crippen LogP contribution in [-0.2, 0) is 20.9 Å². The third kappa shape index (κ3) is 7.20. The first kappa shape index (κ1) is 22.9. The van der Waals surface area contributed by atoms with E-state index in [1.807, 2.05) is 6.07 Å². The van der Waals surface area contributed by atoms with Crippen molar-refractivity contribution in [2.75, 3.05) is 5.32 Å². The Morgan fingerprint density at radius 3 is 2.20 bits per heavy atom. The van der Waals surface area contributed by atoms with E-state index in [0.29, 0.717) is 11.3 Å². The SMILES string of the molecule is CC(C)[C@H](NC(=O)Nc1ccccc1)C(=O)O[C@@H](C)C(=O)NCc1ccc(F)cc1. The van der Waals surface area contributed by atoms with Crippen molar-refractivity contribution in [3.63, 3.8) is 0 Å². The van der Waals surface area contributed by atoms with Crippen molar-refractivity contribution < 1.29 is 23.5 Å². The average Bonchev–Trinajstić information content (AvgIpc) is 2.71. The number of hydrogen-bond donors (Lipinski definition) is 3. The summed E-state index contributed by atoms with van der Waals surface area (Å²) in [5, 5.41) is 7.84. The number of carbonyl (C=O) groups is 3. The molecule has 3 N–H and O–H groups in total. The summed E-state index contributed by atoms with van der Waals surface area (Å²) in [5.41, 5.74) is 1.29. The molecule has 0 saturated carbocycles. The molecule has 0 bridgehead atoms. The second kappa shape index (κ2) is 10.9. The molecule has 160 valence electrons. The lowest BCUT2D eigenvalue weighted by Crippen LogP contribution is -2.49. The molecule has 8 heteroatoms. The molecule has 0 aromatic heterocycles. The van der Waals surface area contributed by atoms with Gasteiger partial charge in [0, 0.05) is 12.2 Å². The molecule has 0 fully saturated rings. The van der Waals surface area contributed by atoms with E-state index >= 15 is 0 Å². The third-order valence-electron chi connectivity index (χ3n) is 4.28. The van der Waals surface area contributed by atoms with Crippen LogP contribution in [0.15, 0.2) is 54.6 Å². The van der Waals surface area contributed by atoms with Gasteiger partial charge in [-0.25, -0.2) is 14.0 Å². The molecule has 30 heavy (non-hydrogen) atoms. The number of urea groups is 1. The van der Waals surface area contributed by atoms with Gasteiger partial charge < -0.3 is 20.7 Å². The standard InChI is InChI=1S/C22H26FN3O4/c1-14(2)19(26-22(29)25-18-7-5-4-6-8-18)21(28)30-15(3)20(27)24-13-16-9-11-17(23)12-10-16/h4-12,14-15,19H,13H2,1-3H3,(H,24,27)(H2,25,26,29)/t15-,19-/m0/s1. The molecule has 0 radical (unpaired) electrons. The summed E-state index contributed by atoms with van der Waals surface area (Å²) in [6.07, 6.45) is -1.06. The summed E-state index contributed by atoms with van der Waals surface area (Å²) in [7, 11) is 0. The largest absolute Gasteiger partial charge is 0.451 e. The number of nitrogens with one attached hydrogen (secondary N) is 3. The molecular formula is C22H26FN3O4. The van der Waals surface area contributed by atoms with Gasteiger partial charge in [-0.1, -0.05) is 44.2 Å². The van der Waals surface area contributed by atoms with Crippen molar-refractivity contribution in [3.05, 3.63) is 66.0 Å². The summed E-state index contributed by atoms with van der Waals surface area (Å²) in [5.74, 6) is -1.83. The van der Waals surface area contributed by atoms with Crippen LogP contribution in [0.25, 0.3) is 0 Å². The maximum atomic E-state index is 12.9. The molecule has 0 saturated heterocycles. The molecular weight excluding hydrogens is 389 g/mol. The molecule has 7 nitrogen and oxygen atoms in total. The predicted molar refractivity (Wildman–Crippen MR) is 111 cm³/mol. The van der Waals surface area contributed by atoms with Crippen LogP contribution in [0.2, 0.25) is 0 Å². The first-order valence-electron chi connectivity index (χ1n) is 9.61. The van der Waals surface area contributed by atoms with Crippen LogP contribution in [0, 0.1) is 11.7 Å². The Balaban J connectivity index is 1.87. The van der Waals surface area contributed by atoms with Gasteiger partial charge in [0.15, 0.2) is 6.10 Å². The zero-order valence-corrected chi connectivity index (χ0v) is 17.1. The number of hydrogen-bond acceptors (Lipinski definition) is 4. The van der Waals surface area contributed by atoms with Crippen LogP contribution in [0.4, 0.5) is 14.9 Å². The maximum Gasteiger partial charge on any atom is 0.329 e. The van der Waals surface area contributed by atoms with Crippen molar-refractivity contribution in [3.8, 4) is 0 Å². The second-order valence-corrected chi connectivity index (χ2v) is 7.11. The molecule has 2 aromatic carbocycles. The number of anilines is 1. The minimum Gasteiger partial charge on any atom is -0.451 e. The first-order valence-corrected chi connectivity index (χ1v) is 9.61. The lowest BCUT2D eigenvalue weighted by molar-refractivity contribution is -0.157. The van der Waals surface area contributed by atoms with Crippen LogP contribution in [0.5, 0.6) is 0 Å². The predicted octanol–water partition coefficient (Wildman–Crippen LogP) is 3.22. The van der Waals surface area contributed by atoms with E-state index in [0.717, 1.165) is 0 Å². The summed E-state index contributed by atoms with van der Waals surface area (Å²) in [6.45, 7) is 5.13. The number of para-hydroxylation sites is 1. The number of benzene rings is 2. The molecule has 0 aliphatic rings. The van der Waals surface area contributed by atoms with Gasteiger partial charge in [-0.3, -0.25) is 4.79 Å². The minimum atomic E-state index is -1.06. The Labute approximate surface area is 175 Å². The number of amides is 3. The van der Waals surface area contributed by atoms with Gasteiger partial charge in [0.25, 0.3) is 5.91 Å². The van der Waals surface area contributed by atoms with E-state index in [9.17, 15) is 18.8 Å². The second-order valence-electron chi connectivity index (χ2n) is 7.11. The number of rotatable bonds is 8. The van der Waals surface area contributed by atoms with Crippen molar-refractivity contribution in [2.24, 2.45) is 5.92 Å². The Morgan fingerprint density at radius 1 is 0.967 bits per heavy atom. The number of esters is 1. The van der Waals surface area contributed by atoms with Gasteiger partial charge in [-0.2, -0.15) is 0 Å². The fourth-order valence-corrected chi connectivity index (χ4v) is 2.56. The van der Waals surface area contributed by atoms with Crippen molar-refractivity contribution in [2.45, 2.75) is 39.5 Å². The van der Waals surface area contributed by atoms with Gasteiger partial charge in [0.1, 0.15) is 11.9 Å². The zero-order valence-electron chi connectivity index (χ0n) is 17.1. The molecule has 3 amide bonds. The fourth-order valence-electron chi connectivity index (χ4n) is 2.56. The number of halogens is 1. The van der Waals surface area contributed by atoms with Gasteiger partial charge in [-0.05, 0) is 42.7 Å². The Hall–Kier alpha value is -3.42. The van der Waals surface area contributed by atoms with Gasteiger partial charge in [-0.15, -0.1) is 0 Å². The highest BCUT2D eigenvalue weighted by atomic mass is 19.1. The van der Waals surface area contributed by atoms with Crippen molar-refractivity contribution in [1.82, 2.24) is 10.6 Å². The smallest absolute Gasteiger partial charge is 0.329 e. The van der Waals surface area contributed by atoms with Crippen LogP contribution in [-0.4, -0.2) is 30.1 Å². The van der Waals surface area contributed by atoms with Crippen molar-refractivity contribution >= 4 is 23.6 Å². The van der Waals surface area contributed by atoms with Crippen LogP contribution in [0.3, 0.4) is 0 Å². The minimum absolute atomic E-state index is 0.173. The highest BCUT2D eigenvalue weighted by Crippen LogP contribution is 2.09. The topological polar surface area (TPSA) is 96.5 Å². The zero-order chi connectivity index (χ0) is 22.1. The molecule has 0 heterocycles. The summed E-state index contributed by atoms with van der Waals surface area (Å²) < 4.78 is 18.2. The third-order valence-corrected chi connectivity index (χ3v) is 4.28. The van der Waals surface area contributed by atoms with E-state index < -0.39 is 30.1 Å². The molecule has 0 spiro atoms. The molecule has 2 atom stereocenters. The van der Waals surface area contributed by atoms with E-state index in [2.05, 4.69) is 16.0 Å². The van der Waals surface area contributed by atoms with E-state index in [4.69, 9.17) is 4.74 Å². The average molecular weight is 415 g/mol. The summed E-state index contributed by atoms with van der Waals surface area (Å²) >= 11 is 0. The van der Waals surface area contributed by atoms with Crippen molar-refractivity contribution in [1.29, 1.82) is 0 Å². The summed E-state index contributed by atoms with van der Waals surface area (Å²) in [4.78, 5) is 36.9. The van der Waals surface area contributed by atoms with E-state index in [-0.39, 0.29) is 18.3 Å². The molecule has 0 aliphatic heterocycles. The summed E-state index contributed by atoms with van der Waals surface area (Å²) in [6, 6.07) is 13.0. The first-order chi connectivity index (χ1) is 14.3. The molecule has 0 aliphatic carbocycles. The fraction of sp³-hybridized carbons (Fsp3) is 0.318. The van der Waals surface area contributed by atoms with Gasteiger partial charge >= 0.3 is 12.0 Å². The van der Waals surface area contributed by atoms with E-state index in [1.165, 1.54) is 19.1 Å². The van der Waals surface area contributed by atoms with Crippen LogP contribution >= 0.6 is 0 Å². The monoisotopic (exact) mass is 415 g/mol. The molecule has 2 aromatic rings. The molecule has 0 unspecified atom stereocenters. The Bertz CT molecular complexity index is 856. The lowest BCUT2D eigenvalue weighted by atomic mass is 10.0. The number of carbonyl (C=O) groups excluding carboxylic acids is 3. The number of ether oxygens (including phenoxy) is 1. The van der Waals surface area contributed by atoms with Gasteiger partial charge in [0.2, 0.25) is 0 Å². The Kier molecular flexibility index (Phi) is 8.34. The van der Waals surface area contributed by atoms with Gasteiger partial charge in [0.05, 0.1) is 0 Å². The quantitative estimate of drug-likeness (QED) is 0.577. The normalized spacial score (nSPS) is 12.6.